The molecule has 4 heteroatoms. The Kier molecular flexibility index (Phi) is 3.67. The molecule has 0 heterocycles. The molecule has 3 nitrogen and oxygen atoms in total. The van der Waals surface area contributed by atoms with Crippen LogP contribution in [0.3, 0.4) is 0 Å². The van der Waals surface area contributed by atoms with Crippen LogP contribution in [0.25, 0.3) is 0 Å². The first kappa shape index (κ1) is 12.9. The molecular weight excluding hydrogens is 241 g/mol. The molecule has 2 rings (SSSR count). The van der Waals surface area contributed by atoms with Crippen LogP contribution < -0.4 is 10.6 Å². The van der Waals surface area contributed by atoms with Crippen molar-refractivity contribution in [2.45, 2.75) is 6.54 Å². The molecule has 2 N–H and O–H groups in total. The first-order valence-corrected chi connectivity index (χ1v) is 5.86. The fourth-order valence-electron chi connectivity index (χ4n) is 1.88. The number of nitrogens with zero attached hydrogens (tertiary/aromatic N) is 2. The molecule has 0 saturated heterocycles. The summed E-state index contributed by atoms with van der Waals surface area (Å²) in [6, 6.07) is 13.9. The van der Waals surface area contributed by atoms with Gasteiger partial charge in [0, 0.05) is 30.5 Å². The number of anilines is 2. The molecule has 0 saturated carbocycles. The van der Waals surface area contributed by atoms with Crippen molar-refractivity contribution in [3.05, 3.63) is 59.4 Å². The Morgan fingerprint density at radius 2 is 2.00 bits per heavy atom. The number of nitrogen functional groups attached to an aromatic ring is 1. The lowest BCUT2D eigenvalue weighted by atomic mass is 10.1. The van der Waals surface area contributed by atoms with Gasteiger partial charge in [-0.2, -0.15) is 5.26 Å². The Labute approximate surface area is 111 Å². The van der Waals surface area contributed by atoms with Gasteiger partial charge in [-0.15, -0.1) is 0 Å². The fourth-order valence-corrected chi connectivity index (χ4v) is 1.88. The van der Waals surface area contributed by atoms with Crippen molar-refractivity contribution in [2.75, 3.05) is 17.7 Å². The maximum absolute atomic E-state index is 13.7. The van der Waals surface area contributed by atoms with E-state index >= 15 is 0 Å². The second kappa shape index (κ2) is 5.40. The predicted octanol–water partition coefficient (Wildman–Crippen LogP) is 2.92. The van der Waals surface area contributed by atoms with Crippen molar-refractivity contribution < 1.29 is 4.39 Å². The highest BCUT2D eigenvalue weighted by Gasteiger charge is 2.10. The maximum atomic E-state index is 13.7. The third kappa shape index (κ3) is 2.83. The molecule has 0 spiro atoms. The van der Waals surface area contributed by atoms with Crippen LogP contribution in [0, 0.1) is 17.1 Å². The van der Waals surface area contributed by atoms with Crippen LogP contribution in [-0.4, -0.2) is 7.05 Å². The number of nitriles is 1. The van der Waals surface area contributed by atoms with Crippen LogP contribution in [0.1, 0.15) is 11.1 Å². The van der Waals surface area contributed by atoms with Gasteiger partial charge in [0.15, 0.2) is 0 Å². The number of rotatable bonds is 3. The highest BCUT2D eigenvalue weighted by Crippen LogP contribution is 2.21. The largest absolute Gasteiger partial charge is 0.398 e. The molecule has 0 aliphatic heterocycles. The average molecular weight is 255 g/mol. The number of benzene rings is 2. The van der Waals surface area contributed by atoms with E-state index in [0.717, 1.165) is 5.69 Å². The molecule has 0 atom stereocenters. The van der Waals surface area contributed by atoms with Gasteiger partial charge in [0.05, 0.1) is 11.6 Å². The summed E-state index contributed by atoms with van der Waals surface area (Å²) >= 11 is 0. The van der Waals surface area contributed by atoms with Gasteiger partial charge in [-0.25, -0.2) is 4.39 Å². The lowest BCUT2D eigenvalue weighted by Crippen LogP contribution is -2.18. The van der Waals surface area contributed by atoms with Crippen LogP contribution in [0.5, 0.6) is 0 Å². The third-order valence-electron chi connectivity index (χ3n) is 2.97. The monoisotopic (exact) mass is 255 g/mol. The molecule has 0 amide bonds. The minimum atomic E-state index is -0.316. The zero-order chi connectivity index (χ0) is 13.8. The van der Waals surface area contributed by atoms with Crippen LogP contribution >= 0.6 is 0 Å². The van der Waals surface area contributed by atoms with Crippen LogP contribution in [0.2, 0.25) is 0 Å². The molecule has 0 radical (unpaired) electrons. The van der Waals surface area contributed by atoms with Crippen molar-refractivity contribution >= 4 is 11.4 Å². The zero-order valence-corrected chi connectivity index (χ0v) is 10.6. The molecule has 2 aromatic rings. The van der Waals surface area contributed by atoms with Crippen molar-refractivity contribution in [1.82, 2.24) is 0 Å². The van der Waals surface area contributed by atoms with Gasteiger partial charge in [-0.05, 0) is 30.3 Å². The fraction of sp³-hybridized carbons (Fsp3) is 0.133. The van der Waals surface area contributed by atoms with E-state index in [1.807, 2.05) is 18.0 Å². The van der Waals surface area contributed by atoms with E-state index in [1.54, 1.807) is 30.3 Å². The first-order valence-electron chi connectivity index (χ1n) is 5.86. The van der Waals surface area contributed by atoms with Gasteiger partial charge in [-0.1, -0.05) is 12.1 Å². The molecule has 0 fully saturated rings. The van der Waals surface area contributed by atoms with Crippen molar-refractivity contribution in [3.8, 4) is 6.07 Å². The lowest BCUT2D eigenvalue weighted by molar-refractivity contribution is 0.609. The Hall–Kier alpha value is -2.54. The Morgan fingerprint density at radius 1 is 1.26 bits per heavy atom. The van der Waals surface area contributed by atoms with E-state index < -0.39 is 0 Å². The number of hydrogen-bond donors (Lipinski definition) is 1. The van der Waals surface area contributed by atoms with Crippen molar-refractivity contribution in [3.63, 3.8) is 0 Å². The molecule has 0 aromatic heterocycles. The highest BCUT2D eigenvalue weighted by atomic mass is 19.1. The van der Waals surface area contributed by atoms with Crippen LogP contribution in [0.4, 0.5) is 15.8 Å². The highest BCUT2D eigenvalue weighted by molar-refractivity contribution is 5.54. The molecule has 0 aliphatic rings. The van der Waals surface area contributed by atoms with E-state index in [1.165, 1.54) is 6.07 Å². The Bertz CT molecular complexity index is 611. The van der Waals surface area contributed by atoms with Gasteiger partial charge in [-0.3, -0.25) is 0 Å². The quantitative estimate of drug-likeness (QED) is 0.858. The third-order valence-corrected chi connectivity index (χ3v) is 2.97. The molecule has 2 aromatic carbocycles. The van der Waals surface area contributed by atoms with E-state index in [0.29, 0.717) is 23.4 Å². The van der Waals surface area contributed by atoms with Gasteiger partial charge >= 0.3 is 0 Å². The Balaban J connectivity index is 2.26. The lowest BCUT2D eigenvalue weighted by Gasteiger charge is -2.20. The second-order valence-corrected chi connectivity index (χ2v) is 4.33. The summed E-state index contributed by atoms with van der Waals surface area (Å²) in [5, 5.41) is 8.87. The molecule has 96 valence electrons. The zero-order valence-electron chi connectivity index (χ0n) is 10.6. The summed E-state index contributed by atoms with van der Waals surface area (Å²) in [6.07, 6.45) is 0. The van der Waals surface area contributed by atoms with E-state index in [9.17, 15) is 4.39 Å². The van der Waals surface area contributed by atoms with E-state index in [4.69, 9.17) is 11.0 Å². The number of nitrogens with two attached hydrogens (primary N) is 1. The SMILES string of the molecule is CN(Cc1c(N)cccc1F)c1cccc(C#N)c1. The standard InChI is InChI=1S/C15H14FN3/c1-19(12-5-2-4-11(8-12)9-17)10-13-14(16)6-3-7-15(13)18/h2-8H,10,18H2,1H3. The molecular formula is C15H14FN3. The summed E-state index contributed by atoms with van der Waals surface area (Å²) in [7, 11) is 1.84. The smallest absolute Gasteiger partial charge is 0.130 e. The Morgan fingerprint density at radius 3 is 2.68 bits per heavy atom. The van der Waals surface area contributed by atoms with Gasteiger partial charge in [0.2, 0.25) is 0 Å². The summed E-state index contributed by atoms with van der Waals surface area (Å²) in [4.78, 5) is 1.86. The number of halogens is 1. The molecule has 0 bridgehead atoms. The molecule has 0 unspecified atom stereocenters. The minimum Gasteiger partial charge on any atom is -0.398 e. The summed E-state index contributed by atoms with van der Waals surface area (Å²) in [5.74, 6) is -0.316. The van der Waals surface area contributed by atoms with Crippen LogP contribution in [0.15, 0.2) is 42.5 Å². The van der Waals surface area contributed by atoms with E-state index in [-0.39, 0.29) is 5.82 Å². The van der Waals surface area contributed by atoms with Gasteiger partial charge in [0.25, 0.3) is 0 Å². The van der Waals surface area contributed by atoms with Crippen molar-refractivity contribution in [2.24, 2.45) is 0 Å². The van der Waals surface area contributed by atoms with Gasteiger partial charge < -0.3 is 10.6 Å². The average Bonchev–Trinajstić information content (AvgIpc) is 2.43. The van der Waals surface area contributed by atoms with Crippen LogP contribution in [-0.2, 0) is 6.54 Å². The second-order valence-electron chi connectivity index (χ2n) is 4.33. The van der Waals surface area contributed by atoms with E-state index in [2.05, 4.69) is 6.07 Å². The predicted molar refractivity (Wildman–Crippen MR) is 74.1 cm³/mol. The van der Waals surface area contributed by atoms with Crippen molar-refractivity contribution in [1.29, 1.82) is 5.26 Å². The topological polar surface area (TPSA) is 53.0 Å². The minimum absolute atomic E-state index is 0.316. The normalized spacial score (nSPS) is 9.95. The van der Waals surface area contributed by atoms with Gasteiger partial charge in [0.1, 0.15) is 5.82 Å². The molecule has 0 aliphatic carbocycles. The number of hydrogen-bond acceptors (Lipinski definition) is 3. The maximum Gasteiger partial charge on any atom is 0.130 e. The molecule has 19 heavy (non-hydrogen) atoms. The summed E-state index contributed by atoms with van der Waals surface area (Å²) in [6.45, 7) is 0.355. The first-order chi connectivity index (χ1) is 9.11. The summed E-state index contributed by atoms with van der Waals surface area (Å²) in [5.41, 5.74) is 8.11. The summed E-state index contributed by atoms with van der Waals surface area (Å²) < 4.78 is 13.7.